The van der Waals surface area contributed by atoms with E-state index in [2.05, 4.69) is 6.07 Å². The quantitative estimate of drug-likeness (QED) is 0.255. The summed E-state index contributed by atoms with van der Waals surface area (Å²) in [5.74, 6) is -1.08. The summed E-state index contributed by atoms with van der Waals surface area (Å²) >= 11 is 7.66. The first kappa shape index (κ1) is 26.0. The van der Waals surface area contributed by atoms with Crippen molar-refractivity contribution in [3.05, 3.63) is 45.7 Å². The molecule has 0 spiro atoms. The Morgan fingerprint density at radius 2 is 2.12 bits per heavy atom. The van der Waals surface area contributed by atoms with E-state index < -0.39 is 18.2 Å². The molecule has 3 rings (SSSR count). The highest BCUT2D eigenvalue weighted by atomic mass is 35.5. The van der Waals surface area contributed by atoms with E-state index in [9.17, 15) is 20.3 Å². The third-order valence-corrected chi connectivity index (χ3v) is 8.61. The number of hydrogen-bond donors (Lipinski definition) is 3. The van der Waals surface area contributed by atoms with Gasteiger partial charge in [0, 0.05) is 22.6 Å². The molecule has 2 fully saturated rings. The molecule has 1 unspecified atom stereocenters. The number of carbonyl (C=O) groups is 1. The molecule has 2 aliphatic rings. The average Bonchev–Trinajstić information content (AvgIpc) is 3.29. The van der Waals surface area contributed by atoms with Gasteiger partial charge in [-0.05, 0) is 69.4 Å². The standard InChI is InChI=1S/C26H34ClNO4S/c27-24-12-11-19(33-24)16-26(13-6-14-26)23(30)9-5-8-21-20(18(17-28)15-22(21)29)7-3-1-2-4-10-25(31)32/h1,3,5,8,11-12,18,20-23,29-30H,2,4,6-7,9-10,13-16H2,(H,31,32)/t18-,20-,21+,22+,23?/m0/s1. The molecule has 5 atom stereocenters. The van der Waals surface area contributed by atoms with Crippen LogP contribution in [0.25, 0.3) is 0 Å². The summed E-state index contributed by atoms with van der Waals surface area (Å²) in [7, 11) is 0. The highest BCUT2D eigenvalue weighted by molar-refractivity contribution is 7.16. The Hall–Kier alpha value is -1.65. The van der Waals surface area contributed by atoms with Crippen molar-refractivity contribution in [3.8, 4) is 6.07 Å². The number of thiophene rings is 1. The molecule has 0 amide bonds. The van der Waals surface area contributed by atoms with Crippen LogP contribution in [0.4, 0.5) is 0 Å². The molecule has 0 bridgehead atoms. The van der Waals surface area contributed by atoms with Gasteiger partial charge in [0.15, 0.2) is 0 Å². The van der Waals surface area contributed by atoms with Gasteiger partial charge in [-0.2, -0.15) is 5.26 Å². The number of aliphatic hydroxyl groups is 2. The molecule has 5 nitrogen and oxygen atoms in total. The maximum Gasteiger partial charge on any atom is 0.303 e. The largest absolute Gasteiger partial charge is 0.481 e. The molecule has 0 saturated heterocycles. The van der Waals surface area contributed by atoms with Crippen molar-refractivity contribution in [2.75, 3.05) is 0 Å². The second-order valence-electron chi connectivity index (χ2n) is 9.55. The Bertz CT molecular complexity index is 885. The van der Waals surface area contributed by atoms with E-state index in [-0.39, 0.29) is 29.6 Å². The van der Waals surface area contributed by atoms with E-state index in [1.807, 2.05) is 36.4 Å². The number of carboxylic acid groups (broad SMARTS) is 1. The molecule has 0 aromatic carbocycles. The molecule has 1 heterocycles. The first-order valence-corrected chi connectivity index (χ1v) is 13.1. The second-order valence-corrected chi connectivity index (χ2v) is 11.4. The molecule has 180 valence electrons. The topological polar surface area (TPSA) is 102 Å². The molecule has 0 radical (unpaired) electrons. The number of aliphatic hydroxyl groups excluding tert-OH is 2. The van der Waals surface area contributed by atoms with E-state index in [0.717, 1.165) is 30.0 Å². The number of nitriles is 1. The summed E-state index contributed by atoms with van der Waals surface area (Å²) in [5.41, 5.74) is -0.0971. The van der Waals surface area contributed by atoms with Gasteiger partial charge < -0.3 is 15.3 Å². The van der Waals surface area contributed by atoms with Gasteiger partial charge in [0.1, 0.15) is 0 Å². The number of allylic oxidation sites excluding steroid dienone is 2. The summed E-state index contributed by atoms with van der Waals surface area (Å²) in [6, 6.07) is 6.31. The molecule has 3 N–H and O–H groups in total. The number of halogens is 1. The molecule has 2 saturated carbocycles. The van der Waals surface area contributed by atoms with E-state index >= 15 is 0 Å². The Kier molecular flexibility index (Phi) is 9.57. The fourth-order valence-corrected chi connectivity index (χ4v) is 6.54. The van der Waals surface area contributed by atoms with E-state index in [0.29, 0.717) is 32.1 Å². The van der Waals surface area contributed by atoms with Crippen molar-refractivity contribution >= 4 is 28.9 Å². The van der Waals surface area contributed by atoms with Crippen molar-refractivity contribution in [2.45, 2.75) is 76.4 Å². The number of aliphatic carboxylic acids is 1. The molecule has 1 aromatic heterocycles. The molecular weight excluding hydrogens is 458 g/mol. The van der Waals surface area contributed by atoms with Crippen LogP contribution in [-0.2, 0) is 11.2 Å². The fourth-order valence-electron chi connectivity index (χ4n) is 5.30. The lowest BCUT2D eigenvalue weighted by Gasteiger charge is -2.45. The molecular formula is C26H34ClNO4S. The summed E-state index contributed by atoms with van der Waals surface area (Å²) in [6.07, 6.45) is 14.1. The Labute approximate surface area is 205 Å². The van der Waals surface area contributed by atoms with E-state index in [1.54, 1.807) is 11.3 Å². The zero-order chi connectivity index (χ0) is 23.8. The van der Waals surface area contributed by atoms with Crippen molar-refractivity contribution in [1.82, 2.24) is 0 Å². The van der Waals surface area contributed by atoms with Crippen LogP contribution in [0.15, 0.2) is 36.4 Å². The lowest BCUT2D eigenvalue weighted by atomic mass is 9.62. The van der Waals surface area contributed by atoms with Crippen LogP contribution in [0.2, 0.25) is 4.34 Å². The van der Waals surface area contributed by atoms with E-state index in [1.165, 1.54) is 4.88 Å². The normalized spacial score (nSPS) is 27.6. The Balaban J connectivity index is 1.56. The van der Waals surface area contributed by atoms with Gasteiger partial charge in [-0.15, -0.1) is 11.3 Å². The molecule has 7 heteroatoms. The van der Waals surface area contributed by atoms with Crippen LogP contribution in [0, 0.1) is 34.5 Å². The SMILES string of the molecule is N#C[C@@H]1C[C@@H](O)[C@H](C=CCC(O)C2(Cc3ccc(Cl)s3)CCC2)[C@H]1CC=CCCCC(=O)O. The lowest BCUT2D eigenvalue weighted by Crippen LogP contribution is -2.42. The molecule has 1 aromatic rings. The first-order chi connectivity index (χ1) is 15.8. The third kappa shape index (κ3) is 6.93. The zero-order valence-corrected chi connectivity index (χ0v) is 20.5. The van der Waals surface area contributed by atoms with Gasteiger partial charge in [0.05, 0.1) is 28.5 Å². The van der Waals surface area contributed by atoms with Crippen molar-refractivity contribution in [2.24, 2.45) is 23.2 Å². The van der Waals surface area contributed by atoms with Crippen LogP contribution in [0.3, 0.4) is 0 Å². The maximum atomic E-state index is 11.0. The highest BCUT2D eigenvalue weighted by Crippen LogP contribution is 2.49. The maximum absolute atomic E-state index is 11.0. The lowest BCUT2D eigenvalue weighted by molar-refractivity contribution is -0.137. The third-order valence-electron chi connectivity index (χ3n) is 7.38. The minimum atomic E-state index is -0.790. The van der Waals surface area contributed by atoms with Crippen LogP contribution in [-0.4, -0.2) is 33.5 Å². The Morgan fingerprint density at radius 1 is 1.33 bits per heavy atom. The number of rotatable bonds is 12. The average molecular weight is 492 g/mol. The van der Waals surface area contributed by atoms with Crippen molar-refractivity contribution in [3.63, 3.8) is 0 Å². The monoisotopic (exact) mass is 491 g/mol. The Morgan fingerprint density at radius 3 is 2.73 bits per heavy atom. The van der Waals surface area contributed by atoms with E-state index in [4.69, 9.17) is 16.7 Å². The van der Waals surface area contributed by atoms with Crippen LogP contribution < -0.4 is 0 Å². The molecule has 33 heavy (non-hydrogen) atoms. The zero-order valence-electron chi connectivity index (χ0n) is 18.9. The van der Waals surface area contributed by atoms with Crippen molar-refractivity contribution < 1.29 is 20.1 Å². The number of hydrogen-bond acceptors (Lipinski definition) is 5. The number of carboxylic acids is 1. The van der Waals surface area contributed by atoms with Gasteiger partial charge >= 0.3 is 5.97 Å². The predicted molar refractivity (Wildman–Crippen MR) is 131 cm³/mol. The van der Waals surface area contributed by atoms with Crippen LogP contribution in [0.5, 0.6) is 0 Å². The van der Waals surface area contributed by atoms with Crippen LogP contribution in [0.1, 0.15) is 62.7 Å². The fraction of sp³-hybridized carbons (Fsp3) is 0.615. The highest BCUT2D eigenvalue weighted by Gasteiger charge is 2.44. The van der Waals surface area contributed by atoms with Gasteiger partial charge in [-0.25, -0.2) is 0 Å². The van der Waals surface area contributed by atoms with Gasteiger partial charge in [0.2, 0.25) is 0 Å². The predicted octanol–water partition coefficient (Wildman–Crippen LogP) is 5.76. The summed E-state index contributed by atoms with van der Waals surface area (Å²) in [5, 5.41) is 39.9. The summed E-state index contributed by atoms with van der Waals surface area (Å²) in [6.45, 7) is 0. The number of unbranched alkanes of at least 4 members (excludes halogenated alkanes) is 1. The van der Waals surface area contributed by atoms with Gasteiger partial charge in [0.25, 0.3) is 0 Å². The van der Waals surface area contributed by atoms with Crippen molar-refractivity contribution in [1.29, 1.82) is 5.26 Å². The second kappa shape index (κ2) is 12.2. The minimum absolute atomic E-state index is 0.0278. The smallest absolute Gasteiger partial charge is 0.303 e. The van der Waals surface area contributed by atoms with Gasteiger partial charge in [-0.3, -0.25) is 4.79 Å². The molecule has 2 aliphatic carbocycles. The molecule has 0 aliphatic heterocycles. The van der Waals surface area contributed by atoms with Crippen LogP contribution >= 0.6 is 22.9 Å². The summed E-state index contributed by atoms with van der Waals surface area (Å²) in [4.78, 5) is 11.8. The first-order valence-electron chi connectivity index (χ1n) is 11.9. The van der Waals surface area contributed by atoms with Gasteiger partial charge in [-0.1, -0.05) is 42.3 Å². The minimum Gasteiger partial charge on any atom is -0.481 e. The summed E-state index contributed by atoms with van der Waals surface area (Å²) < 4.78 is 0.776. The number of nitrogens with zero attached hydrogens (tertiary/aromatic N) is 1.